The van der Waals surface area contributed by atoms with Gasteiger partial charge < -0.3 is 14.8 Å². The zero-order chi connectivity index (χ0) is 22.6. The minimum Gasteiger partial charge on any atom is -0.333 e. The van der Waals surface area contributed by atoms with Gasteiger partial charge in [0.15, 0.2) is 0 Å². The molecule has 1 atom stereocenters. The molecule has 1 aromatic heterocycles. The van der Waals surface area contributed by atoms with Gasteiger partial charge >= 0.3 is 0 Å². The molecule has 2 heterocycles. The number of halogens is 1. The molecular formula is C29H30ClN3O. The Morgan fingerprint density at radius 2 is 1.53 bits per heavy atom. The largest absolute Gasteiger partial charge is 0.333 e. The van der Waals surface area contributed by atoms with E-state index in [9.17, 15) is 4.79 Å². The smallest absolute Gasteiger partial charge is 0.256 e. The molecule has 3 aromatic carbocycles. The third kappa shape index (κ3) is 4.79. The van der Waals surface area contributed by atoms with Gasteiger partial charge in [0.25, 0.3) is 5.91 Å². The Balaban J connectivity index is 0.00000274. The lowest BCUT2D eigenvalue weighted by atomic mass is 10.0. The van der Waals surface area contributed by atoms with Crippen LogP contribution in [0.15, 0.2) is 97.1 Å². The standard InChI is InChI=1S/C29H29N3O.ClH/c1-22-19-27(28(24-13-7-3-8-14-24)32(22)25-15-9-4-10-16-25)29(33)31-18-17-30-21-26(31)20-23-11-5-2-6-12-23;/h2-16,19,26,30H,17-18,20-21H2,1H3;1H/t26-;/m1./s1. The monoisotopic (exact) mass is 471 g/mol. The van der Waals surface area contributed by atoms with E-state index in [1.807, 2.05) is 42.5 Å². The number of rotatable bonds is 5. The Hall–Kier alpha value is -3.34. The molecule has 1 aliphatic rings. The van der Waals surface area contributed by atoms with E-state index in [0.29, 0.717) is 6.54 Å². The molecule has 34 heavy (non-hydrogen) atoms. The summed E-state index contributed by atoms with van der Waals surface area (Å²) >= 11 is 0. The van der Waals surface area contributed by atoms with E-state index in [1.165, 1.54) is 5.56 Å². The van der Waals surface area contributed by atoms with E-state index in [2.05, 4.69) is 76.3 Å². The first-order valence-corrected chi connectivity index (χ1v) is 11.6. The Labute approximate surface area is 207 Å². The molecule has 0 spiro atoms. The SMILES string of the molecule is Cc1cc(C(=O)N2CCNC[C@H]2Cc2ccccc2)c(-c2ccccc2)n1-c1ccccc1.Cl. The number of hydrogen-bond donors (Lipinski definition) is 1. The number of carbonyl (C=O) groups excluding carboxylic acids is 1. The maximum atomic E-state index is 14.1. The molecule has 1 amide bonds. The number of piperazine rings is 1. The van der Waals surface area contributed by atoms with Crippen LogP contribution in [-0.4, -0.2) is 41.1 Å². The predicted octanol–water partition coefficient (Wildman–Crippen LogP) is 5.53. The minimum atomic E-state index is 0. The van der Waals surface area contributed by atoms with Crippen LogP contribution in [0.4, 0.5) is 0 Å². The molecule has 0 saturated carbocycles. The first kappa shape index (κ1) is 23.8. The zero-order valence-electron chi connectivity index (χ0n) is 19.4. The molecule has 5 rings (SSSR count). The van der Waals surface area contributed by atoms with Crippen molar-refractivity contribution in [2.24, 2.45) is 0 Å². The number of amides is 1. The quantitative estimate of drug-likeness (QED) is 0.415. The summed E-state index contributed by atoms with van der Waals surface area (Å²) in [5.74, 6) is 0.106. The van der Waals surface area contributed by atoms with Crippen LogP contribution in [0, 0.1) is 6.92 Å². The molecule has 5 heteroatoms. The highest BCUT2D eigenvalue weighted by atomic mass is 35.5. The summed E-state index contributed by atoms with van der Waals surface area (Å²) in [5, 5.41) is 3.48. The summed E-state index contributed by atoms with van der Waals surface area (Å²) in [5.41, 5.74) is 6.15. The summed E-state index contributed by atoms with van der Waals surface area (Å²) < 4.78 is 2.21. The molecule has 0 bridgehead atoms. The second-order valence-corrected chi connectivity index (χ2v) is 8.63. The fourth-order valence-corrected chi connectivity index (χ4v) is 4.84. The molecular weight excluding hydrogens is 442 g/mol. The molecule has 1 saturated heterocycles. The minimum absolute atomic E-state index is 0. The van der Waals surface area contributed by atoms with Gasteiger partial charge in [-0.1, -0.05) is 78.9 Å². The lowest BCUT2D eigenvalue weighted by Crippen LogP contribution is -2.54. The summed E-state index contributed by atoms with van der Waals surface area (Å²) in [6.45, 7) is 4.41. The average molecular weight is 472 g/mol. The Bertz CT molecular complexity index is 1220. The summed E-state index contributed by atoms with van der Waals surface area (Å²) in [4.78, 5) is 16.1. The van der Waals surface area contributed by atoms with Crippen molar-refractivity contribution in [3.05, 3.63) is 114 Å². The lowest BCUT2D eigenvalue weighted by Gasteiger charge is -2.36. The molecule has 1 N–H and O–H groups in total. The van der Waals surface area contributed by atoms with Crippen molar-refractivity contribution >= 4 is 18.3 Å². The van der Waals surface area contributed by atoms with Crippen LogP contribution in [-0.2, 0) is 6.42 Å². The van der Waals surface area contributed by atoms with Gasteiger partial charge in [-0.15, -0.1) is 12.4 Å². The highest BCUT2D eigenvalue weighted by Gasteiger charge is 2.31. The van der Waals surface area contributed by atoms with Gasteiger partial charge in [-0.2, -0.15) is 0 Å². The number of para-hydroxylation sites is 1. The summed E-state index contributed by atoms with van der Waals surface area (Å²) in [6.07, 6.45) is 0.846. The van der Waals surface area contributed by atoms with Crippen LogP contribution in [0.2, 0.25) is 0 Å². The topological polar surface area (TPSA) is 37.3 Å². The molecule has 0 radical (unpaired) electrons. The summed E-state index contributed by atoms with van der Waals surface area (Å²) in [6, 6.07) is 33.2. The third-order valence-corrected chi connectivity index (χ3v) is 6.40. The van der Waals surface area contributed by atoms with Crippen molar-refractivity contribution in [2.45, 2.75) is 19.4 Å². The maximum absolute atomic E-state index is 14.1. The number of carbonyl (C=O) groups is 1. The highest BCUT2D eigenvalue weighted by molar-refractivity contribution is 6.01. The molecule has 4 aromatic rings. The number of aromatic nitrogens is 1. The van der Waals surface area contributed by atoms with Crippen molar-refractivity contribution in [1.82, 2.24) is 14.8 Å². The van der Waals surface area contributed by atoms with E-state index < -0.39 is 0 Å². The van der Waals surface area contributed by atoms with E-state index in [0.717, 1.165) is 47.7 Å². The zero-order valence-corrected chi connectivity index (χ0v) is 20.2. The second kappa shape index (κ2) is 10.7. The Kier molecular flexibility index (Phi) is 7.51. The van der Waals surface area contributed by atoms with E-state index in [4.69, 9.17) is 0 Å². The van der Waals surface area contributed by atoms with E-state index >= 15 is 0 Å². The average Bonchev–Trinajstić information content (AvgIpc) is 3.22. The van der Waals surface area contributed by atoms with E-state index in [1.54, 1.807) is 0 Å². The molecule has 0 unspecified atom stereocenters. The highest BCUT2D eigenvalue weighted by Crippen LogP contribution is 2.32. The molecule has 0 aliphatic carbocycles. The number of benzene rings is 3. The van der Waals surface area contributed by atoms with E-state index in [-0.39, 0.29) is 24.4 Å². The summed E-state index contributed by atoms with van der Waals surface area (Å²) in [7, 11) is 0. The number of nitrogens with one attached hydrogen (secondary N) is 1. The van der Waals surface area contributed by atoms with Gasteiger partial charge in [-0.25, -0.2) is 0 Å². The predicted molar refractivity (Wildman–Crippen MR) is 141 cm³/mol. The molecule has 1 fully saturated rings. The van der Waals surface area contributed by atoms with Crippen molar-refractivity contribution in [3.63, 3.8) is 0 Å². The van der Waals surface area contributed by atoms with Gasteiger partial charge in [0.2, 0.25) is 0 Å². The van der Waals surface area contributed by atoms with Crippen molar-refractivity contribution in [1.29, 1.82) is 0 Å². The van der Waals surface area contributed by atoms with Crippen molar-refractivity contribution < 1.29 is 4.79 Å². The number of nitrogens with zero attached hydrogens (tertiary/aromatic N) is 2. The van der Waals surface area contributed by atoms with Crippen LogP contribution >= 0.6 is 12.4 Å². The van der Waals surface area contributed by atoms with Gasteiger partial charge in [0, 0.05) is 37.1 Å². The van der Waals surface area contributed by atoms with Gasteiger partial charge in [-0.3, -0.25) is 4.79 Å². The third-order valence-electron chi connectivity index (χ3n) is 6.40. The van der Waals surface area contributed by atoms with Gasteiger partial charge in [0.05, 0.1) is 11.3 Å². The second-order valence-electron chi connectivity index (χ2n) is 8.63. The van der Waals surface area contributed by atoms with Crippen LogP contribution in [0.5, 0.6) is 0 Å². The van der Waals surface area contributed by atoms with Crippen LogP contribution in [0.25, 0.3) is 16.9 Å². The molecule has 1 aliphatic heterocycles. The van der Waals surface area contributed by atoms with Gasteiger partial charge in [0.1, 0.15) is 0 Å². The molecule has 4 nitrogen and oxygen atoms in total. The lowest BCUT2D eigenvalue weighted by molar-refractivity contribution is 0.0637. The van der Waals surface area contributed by atoms with Crippen molar-refractivity contribution in [3.8, 4) is 16.9 Å². The first-order valence-electron chi connectivity index (χ1n) is 11.6. The Morgan fingerprint density at radius 1 is 0.912 bits per heavy atom. The van der Waals surface area contributed by atoms with Gasteiger partial charge in [-0.05, 0) is 42.7 Å². The normalized spacial score (nSPS) is 15.6. The number of hydrogen-bond acceptors (Lipinski definition) is 2. The van der Waals surface area contributed by atoms with Crippen LogP contribution < -0.4 is 5.32 Å². The van der Waals surface area contributed by atoms with Crippen LogP contribution in [0.1, 0.15) is 21.6 Å². The maximum Gasteiger partial charge on any atom is 0.256 e. The fourth-order valence-electron chi connectivity index (χ4n) is 4.84. The van der Waals surface area contributed by atoms with Crippen LogP contribution in [0.3, 0.4) is 0 Å². The molecule has 174 valence electrons. The van der Waals surface area contributed by atoms with Crippen molar-refractivity contribution in [2.75, 3.05) is 19.6 Å². The number of aryl methyl sites for hydroxylation is 1. The fraction of sp³-hybridized carbons (Fsp3) is 0.207. The Morgan fingerprint density at radius 3 is 2.21 bits per heavy atom. The first-order chi connectivity index (χ1) is 16.2.